The number of aromatic amines is 1. The number of H-pyrrole nitrogens is 1. The molecule has 1 aromatic carbocycles. The minimum Gasteiger partial charge on any atom is -0.477 e. The number of carbonyl (C=O) groups is 1. The first-order chi connectivity index (χ1) is 15.4. The molecule has 4 heterocycles. The minimum absolute atomic E-state index is 0.239. The van der Waals surface area contributed by atoms with Crippen molar-refractivity contribution in [2.75, 3.05) is 12.4 Å². The van der Waals surface area contributed by atoms with Crippen LogP contribution in [0.5, 0.6) is 0 Å². The second-order valence-electron chi connectivity index (χ2n) is 7.06. The maximum absolute atomic E-state index is 14.2. The van der Waals surface area contributed by atoms with Crippen LogP contribution in [0.4, 0.5) is 10.1 Å². The van der Waals surface area contributed by atoms with Crippen LogP contribution in [0.2, 0.25) is 0 Å². The molecule has 0 spiro atoms. The van der Waals surface area contributed by atoms with E-state index in [2.05, 4.69) is 26.3 Å². The van der Waals surface area contributed by atoms with Crippen molar-refractivity contribution in [2.24, 2.45) is 0 Å². The summed E-state index contributed by atoms with van der Waals surface area (Å²) >= 11 is 0. The molecule has 0 bridgehead atoms. The highest BCUT2D eigenvalue weighted by Gasteiger charge is 2.19. The molecule has 10 heteroatoms. The number of pyridine rings is 2. The molecular weight excluding hydrogens is 415 g/mol. The molecule has 0 radical (unpaired) electrons. The smallest absolute Gasteiger partial charge is 0.342 e. The van der Waals surface area contributed by atoms with E-state index >= 15 is 0 Å². The molecule has 0 aliphatic rings. The first-order valence-corrected chi connectivity index (χ1v) is 9.39. The number of halogens is 1. The third-order valence-corrected chi connectivity index (χ3v) is 5.32. The maximum atomic E-state index is 14.2. The molecule has 9 nitrogen and oxygen atoms in total. The summed E-state index contributed by atoms with van der Waals surface area (Å²) in [4.78, 5) is 35.4. The Morgan fingerprint density at radius 3 is 2.81 bits per heavy atom. The predicted molar refractivity (Wildman–Crippen MR) is 115 cm³/mol. The SMILES string of the molecule is CNc1cc(F)cc2c1[nH]c1ncc(-c3ccc4ncc(C(=O)O)c(=O)n4c3)c(C#N)c12. The van der Waals surface area contributed by atoms with Crippen molar-refractivity contribution in [2.45, 2.75) is 0 Å². The molecule has 0 fully saturated rings. The van der Waals surface area contributed by atoms with Gasteiger partial charge in [-0.3, -0.25) is 9.20 Å². The number of rotatable bonds is 3. The first kappa shape index (κ1) is 19.2. The summed E-state index contributed by atoms with van der Waals surface area (Å²) in [6.45, 7) is 0. The Morgan fingerprint density at radius 2 is 2.09 bits per heavy atom. The van der Waals surface area contributed by atoms with Gasteiger partial charge in [0, 0.05) is 47.5 Å². The molecule has 0 aliphatic heterocycles. The van der Waals surface area contributed by atoms with E-state index in [1.54, 1.807) is 19.2 Å². The average molecular weight is 428 g/mol. The van der Waals surface area contributed by atoms with Gasteiger partial charge in [-0.25, -0.2) is 19.2 Å². The van der Waals surface area contributed by atoms with Gasteiger partial charge in [0.2, 0.25) is 0 Å². The van der Waals surface area contributed by atoms with Gasteiger partial charge >= 0.3 is 5.97 Å². The fourth-order valence-electron chi connectivity index (χ4n) is 3.84. The van der Waals surface area contributed by atoms with E-state index in [1.807, 2.05) is 0 Å². The Kier molecular flexibility index (Phi) is 4.13. The zero-order chi connectivity index (χ0) is 22.6. The highest BCUT2D eigenvalue weighted by molar-refractivity contribution is 6.13. The topological polar surface area (TPSA) is 136 Å². The zero-order valence-electron chi connectivity index (χ0n) is 16.5. The number of benzene rings is 1. The lowest BCUT2D eigenvalue weighted by Gasteiger charge is -2.08. The Morgan fingerprint density at radius 1 is 1.28 bits per heavy atom. The number of carboxylic acid groups (broad SMARTS) is 1. The third-order valence-electron chi connectivity index (χ3n) is 5.32. The molecule has 5 aromatic rings. The van der Waals surface area contributed by atoms with Crippen molar-refractivity contribution < 1.29 is 14.3 Å². The second kappa shape index (κ2) is 6.88. The summed E-state index contributed by atoms with van der Waals surface area (Å²) in [5.74, 6) is -1.86. The largest absolute Gasteiger partial charge is 0.477 e. The molecule has 0 saturated heterocycles. The Labute approximate surface area is 178 Å². The van der Waals surface area contributed by atoms with Crippen LogP contribution in [0.15, 0.2) is 47.7 Å². The molecule has 4 aromatic heterocycles. The fourth-order valence-corrected chi connectivity index (χ4v) is 3.84. The highest BCUT2D eigenvalue weighted by atomic mass is 19.1. The van der Waals surface area contributed by atoms with Gasteiger partial charge in [0.25, 0.3) is 5.56 Å². The van der Waals surface area contributed by atoms with Crippen molar-refractivity contribution in [3.05, 3.63) is 70.2 Å². The van der Waals surface area contributed by atoms with Crippen molar-refractivity contribution in [1.82, 2.24) is 19.4 Å². The summed E-state index contributed by atoms with van der Waals surface area (Å²) in [5.41, 5.74) is 1.68. The Balaban J connectivity index is 1.84. The highest BCUT2D eigenvalue weighted by Crippen LogP contribution is 2.36. The fraction of sp³-hybridized carbons (Fsp3) is 0.0455. The summed E-state index contributed by atoms with van der Waals surface area (Å²) in [5, 5.41) is 23.0. The quantitative estimate of drug-likeness (QED) is 0.402. The average Bonchev–Trinajstić information content (AvgIpc) is 3.16. The van der Waals surface area contributed by atoms with Gasteiger partial charge < -0.3 is 15.4 Å². The summed E-state index contributed by atoms with van der Waals surface area (Å²) in [6.07, 6.45) is 3.90. The lowest BCUT2D eigenvalue weighted by atomic mass is 10.00. The second-order valence-corrected chi connectivity index (χ2v) is 7.06. The number of hydrogen-bond donors (Lipinski definition) is 3. The zero-order valence-corrected chi connectivity index (χ0v) is 16.5. The van der Waals surface area contributed by atoms with Crippen LogP contribution in [-0.2, 0) is 0 Å². The molecule has 0 amide bonds. The maximum Gasteiger partial charge on any atom is 0.342 e. The number of hydrogen-bond acceptors (Lipinski definition) is 6. The lowest BCUT2D eigenvalue weighted by molar-refractivity contribution is 0.0694. The number of nitriles is 1. The van der Waals surface area contributed by atoms with Gasteiger partial charge in [0.05, 0.1) is 16.8 Å². The van der Waals surface area contributed by atoms with Crippen LogP contribution in [0.25, 0.3) is 38.7 Å². The molecule has 0 atom stereocenters. The summed E-state index contributed by atoms with van der Waals surface area (Å²) in [6, 6.07) is 8.03. The van der Waals surface area contributed by atoms with Crippen molar-refractivity contribution in [1.29, 1.82) is 5.26 Å². The van der Waals surface area contributed by atoms with Crippen molar-refractivity contribution in [3.63, 3.8) is 0 Å². The van der Waals surface area contributed by atoms with Gasteiger partial charge in [-0.05, 0) is 24.3 Å². The van der Waals surface area contributed by atoms with E-state index in [-0.39, 0.29) is 11.2 Å². The van der Waals surface area contributed by atoms with Crippen LogP contribution < -0.4 is 10.9 Å². The monoisotopic (exact) mass is 428 g/mol. The summed E-state index contributed by atoms with van der Waals surface area (Å²) in [7, 11) is 1.66. The molecule has 0 aliphatic carbocycles. The standard InChI is InChI=1S/C22H13FN6O3/c1-25-16-5-11(23)4-12-18-13(6-24)14(7-27-20(18)28-19(12)16)10-2-3-17-26-8-15(22(31)32)21(30)29(17)9-10/h2-5,7-9,25H,1H3,(H,27,28)(H,31,32). The van der Waals surface area contributed by atoms with Crippen molar-refractivity contribution >= 4 is 39.2 Å². The lowest BCUT2D eigenvalue weighted by Crippen LogP contribution is -2.22. The number of anilines is 1. The molecule has 32 heavy (non-hydrogen) atoms. The van der Waals surface area contributed by atoms with E-state index in [0.717, 1.165) is 10.6 Å². The first-order valence-electron chi connectivity index (χ1n) is 9.39. The van der Waals surface area contributed by atoms with Crippen LogP contribution in [0.3, 0.4) is 0 Å². The van der Waals surface area contributed by atoms with E-state index < -0.39 is 22.9 Å². The van der Waals surface area contributed by atoms with E-state index in [1.165, 1.54) is 24.5 Å². The minimum atomic E-state index is -1.38. The number of nitrogens with zero attached hydrogens (tertiary/aromatic N) is 4. The van der Waals surface area contributed by atoms with Gasteiger partial charge in [-0.2, -0.15) is 5.26 Å². The molecule has 5 rings (SSSR count). The van der Waals surface area contributed by atoms with Crippen molar-refractivity contribution in [3.8, 4) is 17.2 Å². The Bertz CT molecular complexity index is 1700. The molecule has 0 saturated carbocycles. The van der Waals surface area contributed by atoms with Gasteiger partial charge in [0.1, 0.15) is 28.7 Å². The van der Waals surface area contributed by atoms with Gasteiger partial charge in [-0.15, -0.1) is 0 Å². The number of aromatic nitrogens is 4. The van der Waals surface area contributed by atoms with Gasteiger partial charge in [-0.1, -0.05) is 0 Å². The number of fused-ring (bicyclic) bond motifs is 4. The van der Waals surface area contributed by atoms with Gasteiger partial charge in [0.15, 0.2) is 0 Å². The van der Waals surface area contributed by atoms with Crippen LogP contribution in [0, 0.1) is 17.1 Å². The Hall–Kier alpha value is -4.78. The van der Waals surface area contributed by atoms with E-state index in [4.69, 9.17) is 0 Å². The van der Waals surface area contributed by atoms with E-state index in [9.17, 15) is 24.3 Å². The van der Waals surface area contributed by atoms with Crippen LogP contribution >= 0.6 is 0 Å². The summed E-state index contributed by atoms with van der Waals surface area (Å²) < 4.78 is 15.3. The molecule has 3 N–H and O–H groups in total. The predicted octanol–water partition coefficient (Wildman–Crippen LogP) is 3.14. The normalized spacial score (nSPS) is 11.2. The third kappa shape index (κ3) is 2.69. The van der Waals surface area contributed by atoms with Crippen LogP contribution in [0.1, 0.15) is 15.9 Å². The number of nitrogens with one attached hydrogen (secondary N) is 2. The molecule has 156 valence electrons. The molecular formula is C22H13FN6O3. The van der Waals surface area contributed by atoms with E-state index in [0.29, 0.717) is 38.8 Å². The number of carboxylic acids is 1. The number of aromatic carboxylic acids is 1. The van der Waals surface area contributed by atoms with Crippen LogP contribution in [-0.4, -0.2) is 37.5 Å². The molecule has 0 unspecified atom stereocenters.